The highest BCUT2D eigenvalue weighted by Crippen LogP contribution is 2.22. The summed E-state index contributed by atoms with van der Waals surface area (Å²) in [5.74, 6) is -5.27. The zero-order valence-electron chi connectivity index (χ0n) is 38.1. The maximum atomic E-state index is 13.5. The van der Waals surface area contributed by atoms with Crippen molar-refractivity contribution in [2.45, 2.75) is 130 Å². The van der Waals surface area contributed by atoms with Gasteiger partial charge in [-0.05, 0) is 124 Å². The monoisotopic (exact) mass is 968 g/mol. The summed E-state index contributed by atoms with van der Waals surface area (Å²) in [6, 6.07) is 1.22. The lowest BCUT2D eigenvalue weighted by molar-refractivity contribution is -0.139. The summed E-state index contributed by atoms with van der Waals surface area (Å²) in [5, 5.41) is 37.8. The SMILES string of the molecule is CC(C)=CCCC(C)=CCCC(C)=CCSCC(NS(=O)(=O)c1cc(CC(C)=CCCC(C)=CCCC(C)=CCSCC(NS(=O)(=O)CCC(=O)O)C(=O)O)ccc1C(=O)O)C(=O)O. The van der Waals surface area contributed by atoms with E-state index in [1.165, 1.54) is 46.8 Å². The van der Waals surface area contributed by atoms with E-state index >= 15 is 0 Å². The fourth-order valence-electron chi connectivity index (χ4n) is 5.94. The summed E-state index contributed by atoms with van der Waals surface area (Å²) in [7, 11) is -8.59. The number of thioether (sulfide) groups is 2. The van der Waals surface area contributed by atoms with Crippen LogP contribution >= 0.6 is 23.5 Å². The smallest absolute Gasteiger partial charge is 0.337 e. The summed E-state index contributed by atoms with van der Waals surface area (Å²) < 4.78 is 55.4. The maximum absolute atomic E-state index is 13.5. The van der Waals surface area contributed by atoms with Gasteiger partial charge in [-0.1, -0.05) is 76.0 Å². The van der Waals surface area contributed by atoms with Crippen molar-refractivity contribution in [3.05, 3.63) is 99.2 Å². The second-order valence-corrected chi connectivity index (χ2v) is 21.8. The zero-order valence-corrected chi connectivity index (χ0v) is 41.4. The molecule has 0 aliphatic rings. The van der Waals surface area contributed by atoms with Gasteiger partial charge in [0.1, 0.15) is 12.1 Å². The molecule has 1 rings (SSSR count). The Morgan fingerprint density at radius 1 is 0.594 bits per heavy atom. The average Bonchev–Trinajstić information content (AvgIpc) is 3.19. The molecule has 6 N–H and O–H groups in total. The molecule has 358 valence electrons. The Morgan fingerprint density at radius 2 is 1.03 bits per heavy atom. The number of carbonyl (C=O) groups is 4. The van der Waals surface area contributed by atoms with Crippen molar-refractivity contribution in [2.75, 3.05) is 28.8 Å². The van der Waals surface area contributed by atoms with E-state index in [2.05, 4.69) is 48.4 Å². The van der Waals surface area contributed by atoms with Gasteiger partial charge in [-0.2, -0.15) is 28.2 Å². The molecule has 0 aliphatic carbocycles. The first-order valence-electron chi connectivity index (χ1n) is 21.0. The molecule has 0 saturated heterocycles. The Kier molecular flexibility index (Phi) is 27.5. The van der Waals surface area contributed by atoms with Crippen LogP contribution in [0, 0.1) is 0 Å². The van der Waals surface area contributed by atoms with Crippen LogP contribution in [0.3, 0.4) is 0 Å². The molecule has 0 amide bonds. The number of hydrogen-bond donors (Lipinski definition) is 6. The van der Waals surface area contributed by atoms with Gasteiger partial charge >= 0.3 is 23.9 Å². The Labute approximate surface area is 389 Å². The summed E-state index contributed by atoms with van der Waals surface area (Å²) >= 11 is 2.52. The molecule has 0 bridgehead atoms. The first-order valence-corrected chi connectivity index (χ1v) is 26.5. The normalized spacial score (nSPS) is 14.3. The molecule has 14 nitrogen and oxygen atoms in total. The highest BCUT2D eigenvalue weighted by molar-refractivity contribution is 7.99. The largest absolute Gasteiger partial charge is 0.481 e. The molecule has 0 fully saturated rings. The fraction of sp³-hybridized carbons (Fsp3) is 0.522. The number of allylic oxidation sites excluding steroid dienone is 10. The van der Waals surface area contributed by atoms with E-state index < -0.39 is 78.6 Å². The zero-order chi connectivity index (χ0) is 48.5. The number of carboxylic acid groups (broad SMARTS) is 4. The highest BCUT2D eigenvalue weighted by Gasteiger charge is 2.29. The Morgan fingerprint density at radius 3 is 1.47 bits per heavy atom. The molecule has 1 aromatic rings. The number of hydrogen-bond acceptors (Lipinski definition) is 10. The number of nitrogens with one attached hydrogen (secondary N) is 2. The number of aromatic carboxylic acids is 1. The molecular formula is C46H68N2O12S4. The number of carboxylic acids is 4. The lowest BCUT2D eigenvalue weighted by Gasteiger charge is -2.16. The van der Waals surface area contributed by atoms with Crippen molar-refractivity contribution in [1.29, 1.82) is 0 Å². The van der Waals surface area contributed by atoms with Gasteiger partial charge in [0.2, 0.25) is 20.0 Å². The second-order valence-electron chi connectivity index (χ2n) is 16.1. The van der Waals surface area contributed by atoms with E-state index in [4.69, 9.17) is 5.11 Å². The second kappa shape index (κ2) is 30.3. The molecule has 0 heterocycles. The molecule has 0 spiro atoms. The number of rotatable bonds is 33. The predicted molar refractivity (Wildman–Crippen MR) is 259 cm³/mol. The topological polar surface area (TPSA) is 242 Å². The van der Waals surface area contributed by atoms with E-state index in [1.807, 2.05) is 45.9 Å². The van der Waals surface area contributed by atoms with Gasteiger partial charge < -0.3 is 20.4 Å². The van der Waals surface area contributed by atoms with Gasteiger partial charge in [-0.3, -0.25) is 14.4 Å². The minimum Gasteiger partial charge on any atom is -0.481 e. The first-order chi connectivity index (χ1) is 29.9. The third-order valence-corrected chi connectivity index (χ3v) is 14.5. The summed E-state index contributed by atoms with van der Waals surface area (Å²) in [6.45, 7) is 14.2. The highest BCUT2D eigenvalue weighted by atomic mass is 32.2. The minimum atomic E-state index is -4.53. The Hall–Kier alpha value is -3.94. The van der Waals surface area contributed by atoms with E-state index in [1.54, 1.807) is 6.07 Å². The Balaban J connectivity index is 2.76. The van der Waals surface area contributed by atoms with E-state index in [9.17, 15) is 51.3 Å². The molecule has 18 heteroatoms. The third kappa shape index (κ3) is 26.1. The van der Waals surface area contributed by atoms with Crippen LogP contribution in [0.15, 0.2) is 93.0 Å². The van der Waals surface area contributed by atoms with E-state index in [-0.39, 0.29) is 11.5 Å². The summed E-state index contributed by atoms with van der Waals surface area (Å²) in [4.78, 5) is 45.9. The van der Waals surface area contributed by atoms with E-state index in [0.717, 1.165) is 67.2 Å². The van der Waals surface area contributed by atoms with Crippen molar-refractivity contribution < 1.29 is 56.4 Å². The van der Waals surface area contributed by atoms with Gasteiger partial charge in [0.05, 0.1) is 22.6 Å². The van der Waals surface area contributed by atoms with Crippen molar-refractivity contribution in [2.24, 2.45) is 0 Å². The molecular weight excluding hydrogens is 901 g/mol. The summed E-state index contributed by atoms with van der Waals surface area (Å²) in [5.41, 5.74) is 7.08. The average molecular weight is 969 g/mol. The molecule has 64 heavy (non-hydrogen) atoms. The van der Waals surface area contributed by atoms with Gasteiger partial charge in [0.15, 0.2) is 0 Å². The summed E-state index contributed by atoms with van der Waals surface area (Å²) in [6.07, 6.45) is 19.1. The van der Waals surface area contributed by atoms with Crippen LogP contribution in [0.25, 0.3) is 0 Å². The minimum absolute atomic E-state index is 0.0236. The van der Waals surface area contributed by atoms with Crippen molar-refractivity contribution in [3.8, 4) is 0 Å². The van der Waals surface area contributed by atoms with E-state index in [0.29, 0.717) is 29.9 Å². The number of aliphatic carboxylic acids is 3. The fourth-order valence-corrected chi connectivity index (χ4v) is 10.8. The maximum Gasteiger partial charge on any atom is 0.337 e. The lowest BCUT2D eigenvalue weighted by atomic mass is 10.0. The predicted octanol–water partition coefficient (Wildman–Crippen LogP) is 8.79. The molecule has 0 saturated carbocycles. The van der Waals surface area contributed by atoms with Crippen molar-refractivity contribution in [3.63, 3.8) is 0 Å². The van der Waals surface area contributed by atoms with Crippen LogP contribution in [0.1, 0.15) is 122 Å². The van der Waals surface area contributed by atoms with Crippen LogP contribution in [0.2, 0.25) is 0 Å². The third-order valence-electron chi connectivity index (χ3n) is 9.70. The quantitative estimate of drug-likeness (QED) is 0.0285. The molecule has 2 atom stereocenters. The molecule has 1 aromatic carbocycles. The van der Waals surface area contributed by atoms with Crippen LogP contribution in [0.5, 0.6) is 0 Å². The number of sulfonamides is 2. The van der Waals surface area contributed by atoms with Crippen LogP contribution in [-0.4, -0.2) is 102 Å². The van der Waals surface area contributed by atoms with Gasteiger partial charge in [0.25, 0.3) is 0 Å². The van der Waals surface area contributed by atoms with Crippen LogP contribution < -0.4 is 9.44 Å². The molecule has 0 aliphatic heterocycles. The van der Waals surface area contributed by atoms with Gasteiger partial charge in [-0.25, -0.2) is 26.4 Å². The first kappa shape index (κ1) is 58.1. The van der Waals surface area contributed by atoms with Crippen LogP contribution in [0.4, 0.5) is 0 Å². The molecule has 2 unspecified atom stereocenters. The standard InChI is InChI=1S/C46H68N2O12S4/c1-32(2)12-8-13-33(3)14-9-17-36(6)23-26-62-31-41(46(55)56)48-64(59,60)42-29-38(20-21-39(42)44(51)52)28-37(7)19-11-16-34(4)15-10-18-35(5)22-25-61-30-40(45(53)54)47-63(57,58)27-24-43(49)50/h12,14-15,19-23,29,40-41,47-48H,8-11,13,16-18,24-28,30-31H2,1-7H3,(H,49,50)(H,51,52)(H,53,54)(H,55,56). The molecule has 0 aromatic heterocycles. The van der Waals surface area contributed by atoms with Gasteiger partial charge in [0, 0.05) is 23.0 Å². The van der Waals surface area contributed by atoms with Crippen LogP contribution in [-0.2, 0) is 40.9 Å². The van der Waals surface area contributed by atoms with Crippen molar-refractivity contribution in [1.82, 2.24) is 9.44 Å². The van der Waals surface area contributed by atoms with Crippen molar-refractivity contribution >= 4 is 67.4 Å². The number of benzene rings is 1. The van der Waals surface area contributed by atoms with Gasteiger partial charge in [-0.15, -0.1) is 0 Å². The Bertz CT molecular complexity index is 2150. The lowest BCUT2D eigenvalue weighted by Crippen LogP contribution is -2.43. The molecule has 0 radical (unpaired) electrons.